The van der Waals surface area contributed by atoms with Gasteiger partial charge >= 0.3 is 12.6 Å². The molecule has 0 amide bonds. The predicted molar refractivity (Wildman–Crippen MR) is 143 cm³/mol. The van der Waals surface area contributed by atoms with Crippen LogP contribution in [0.3, 0.4) is 0 Å². The number of carboxylic acid groups (broad SMARTS) is 1. The van der Waals surface area contributed by atoms with E-state index in [2.05, 4.69) is 4.74 Å². The van der Waals surface area contributed by atoms with Gasteiger partial charge in [-0.15, -0.1) is 0 Å². The topological polar surface area (TPSA) is 102 Å². The quantitative estimate of drug-likeness (QED) is 0.378. The van der Waals surface area contributed by atoms with Crippen LogP contribution in [-0.2, 0) is 19.6 Å². The maximum absolute atomic E-state index is 14.0. The molecule has 0 spiro atoms. The smallest absolute Gasteiger partial charge is 0.387 e. The first kappa shape index (κ1) is 28.7. The molecule has 0 unspecified atom stereocenters. The third-order valence-corrected chi connectivity index (χ3v) is 8.87. The van der Waals surface area contributed by atoms with Crippen LogP contribution in [0.4, 0.5) is 18.9 Å². The van der Waals surface area contributed by atoms with Gasteiger partial charge in [-0.1, -0.05) is 18.2 Å². The maximum Gasteiger partial charge on any atom is 0.387 e. The van der Waals surface area contributed by atoms with Gasteiger partial charge in [0.1, 0.15) is 29.3 Å². The van der Waals surface area contributed by atoms with Crippen molar-refractivity contribution in [2.45, 2.75) is 37.2 Å². The molecule has 12 heteroatoms. The summed E-state index contributed by atoms with van der Waals surface area (Å²) in [5, 5.41) is 8.41. The number of aliphatic carboxylic acids is 1. The average Bonchev–Trinajstić information content (AvgIpc) is 3.76. The summed E-state index contributed by atoms with van der Waals surface area (Å²) in [6.07, 6.45) is 2.11. The zero-order chi connectivity index (χ0) is 29.4. The lowest BCUT2D eigenvalue weighted by Crippen LogP contribution is -2.46. The second-order valence-electron chi connectivity index (χ2n) is 10.4. The van der Waals surface area contributed by atoms with Crippen LogP contribution in [0.5, 0.6) is 11.5 Å². The molecule has 1 aliphatic carbocycles. The third-order valence-electron chi connectivity index (χ3n) is 7.06. The summed E-state index contributed by atoms with van der Waals surface area (Å²) in [7, 11) is -3.88. The number of fused-ring (bicyclic) bond motifs is 1. The SMILES string of the molecule is CC1(C(=O)O)COC1.O=S(=O)(c1cccc(C2CC2)c1)N1CCOc2ccc(-c3cc(F)cc(OC(F)F)c3)cc21. The Morgan fingerprint density at radius 3 is 2.44 bits per heavy atom. The zero-order valence-corrected chi connectivity index (χ0v) is 22.9. The van der Waals surface area contributed by atoms with E-state index < -0.39 is 33.8 Å². The number of nitrogens with zero attached hydrogens (tertiary/aromatic N) is 1. The molecule has 1 saturated heterocycles. The van der Waals surface area contributed by atoms with Gasteiger partial charge in [0.25, 0.3) is 10.0 Å². The Hall–Kier alpha value is -3.77. The van der Waals surface area contributed by atoms with Crippen LogP contribution in [0.25, 0.3) is 11.1 Å². The van der Waals surface area contributed by atoms with Gasteiger partial charge in [0.15, 0.2) is 0 Å². The molecule has 2 heterocycles. The Bertz CT molecular complexity index is 1560. The molecule has 3 aromatic carbocycles. The first-order valence-electron chi connectivity index (χ1n) is 12.9. The second kappa shape index (κ2) is 11.2. The van der Waals surface area contributed by atoms with E-state index in [0.29, 0.717) is 36.1 Å². The lowest BCUT2D eigenvalue weighted by Gasteiger charge is -2.33. The molecule has 0 bridgehead atoms. The van der Waals surface area contributed by atoms with Crippen LogP contribution in [0.15, 0.2) is 65.6 Å². The summed E-state index contributed by atoms with van der Waals surface area (Å²) in [5.74, 6) is -1.06. The summed E-state index contributed by atoms with van der Waals surface area (Å²) < 4.78 is 82.3. The molecule has 41 heavy (non-hydrogen) atoms. The highest BCUT2D eigenvalue weighted by molar-refractivity contribution is 7.92. The summed E-state index contributed by atoms with van der Waals surface area (Å²) in [5.41, 5.74) is 1.43. The van der Waals surface area contributed by atoms with Gasteiger partial charge in [-0.25, -0.2) is 12.8 Å². The van der Waals surface area contributed by atoms with Gasteiger partial charge in [-0.05, 0) is 78.8 Å². The number of alkyl halides is 2. The van der Waals surface area contributed by atoms with Gasteiger partial charge in [-0.3, -0.25) is 9.10 Å². The van der Waals surface area contributed by atoms with Crippen LogP contribution in [-0.4, -0.2) is 52.5 Å². The summed E-state index contributed by atoms with van der Waals surface area (Å²) >= 11 is 0. The maximum atomic E-state index is 14.0. The van der Waals surface area contributed by atoms with Crippen molar-refractivity contribution in [2.24, 2.45) is 5.41 Å². The van der Waals surface area contributed by atoms with Crippen molar-refractivity contribution in [1.82, 2.24) is 0 Å². The molecule has 0 radical (unpaired) electrons. The number of hydrogen-bond donors (Lipinski definition) is 1. The Balaban J connectivity index is 0.000000365. The number of benzene rings is 3. The Labute approximate surface area is 235 Å². The van der Waals surface area contributed by atoms with Crippen molar-refractivity contribution in [3.05, 3.63) is 72.0 Å². The van der Waals surface area contributed by atoms with E-state index in [1.807, 2.05) is 6.07 Å². The lowest BCUT2D eigenvalue weighted by atomic mass is 9.89. The number of hydrogen-bond acceptors (Lipinski definition) is 6. The molecule has 8 nitrogen and oxygen atoms in total. The number of halogens is 3. The van der Waals surface area contributed by atoms with Crippen LogP contribution in [0.2, 0.25) is 0 Å². The Morgan fingerprint density at radius 2 is 1.83 bits per heavy atom. The molecule has 3 aromatic rings. The van der Waals surface area contributed by atoms with Gasteiger partial charge in [0.05, 0.1) is 30.3 Å². The third kappa shape index (κ3) is 6.28. The molecule has 218 valence electrons. The van der Waals surface area contributed by atoms with E-state index in [4.69, 9.17) is 14.6 Å². The monoisotopic (exact) mass is 591 g/mol. The van der Waals surface area contributed by atoms with E-state index in [1.54, 1.807) is 43.3 Å². The molecular weight excluding hydrogens is 563 g/mol. The van der Waals surface area contributed by atoms with E-state index in [9.17, 15) is 26.4 Å². The highest BCUT2D eigenvalue weighted by atomic mass is 32.2. The van der Waals surface area contributed by atoms with Gasteiger partial charge < -0.3 is 19.3 Å². The van der Waals surface area contributed by atoms with Crippen LogP contribution >= 0.6 is 0 Å². The average molecular weight is 592 g/mol. The van der Waals surface area contributed by atoms with Crippen molar-refractivity contribution in [2.75, 3.05) is 30.7 Å². The van der Waals surface area contributed by atoms with Crippen molar-refractivity contribution < 1.29 is 45.7 Å². The van der Waals surface area contributed by atoms with E-state index >= 15 is 0 Å². The first-order chi connectivity index (χ1) is 19.5. The fourth-order valence-corrected chi connectivity index (χ4v) is 6.03. The van der Waals surface area contributed by atoms with E-state index in [-0.39, 0.29) is 29.4 Å². The van der Waals surface area contributed by atoms with Crippen molar-refractivity contribution in [3.8, 4) is 22.6 Å². The molecular formula is C29H28F3NO7S. The number of ether oxygens (including phenoxy) is 3. The summed E-state index contributed by atoms with van der Waals surface area (Å²) in [6, 6.07) is 15.0. The summed E-state index contributed by atoms with van der Waals surface area (Å²) in [4.78, 5) is 10.4. The molecule has 2 aliphatic heterocycles. The minimum absolute atomic E-state index is 0.106. The van der Waals surface area contributed by atoms with Crippen molar-refractivity contribution in [1.29, 1.82) is 0 Å². The number of carboxylic acids is 1. The standard InChI is InChI=1S/C24H20F3NO4S.C5H8O3/c25-19-10-18(11-20(14-19)32-24(26)27)17-6-7-23-22(13-17)28(8-9-31-23)33(29,30)21-3-1-2-16(12-21)15-4-5-15;1-5(4(6)7)2-8-3-5/h1-3,6-7,10-15,24H,4-5,8-9H2;2-3H2,1H3,(H,6,7). The number of rotatable bonds is 7. The molecule has 0 aromatic heterocycles. The lowest BCUT2D eigenvalue weighted by molar-refractivity contribution is -0.175. The minimum Gasteiger partial charge on any atom is -0.489 e. The predicted octanol–water partition coefficient (Wildman–Crippen LogP) is 5.67. The second-order valence-corrected chi connectivity index (χ2v) is 12.2. The highest BCUT2D eigenvalue weighted by Crippen LogP contribution is 2.42. The zero-order valence-electron chi connectivity index (χ0n) is 22.1. The van der Waals surface area contributed by atoms with Crippen molar-refractivity contribution >= 4 is 21.7 Å². The Morgan fingerprint density at radius 1 is 1.07 bits per heavy atom. The Kier molecular flexibility index (Phi) is 7.89. The fourth-order valence-electron chi connectivity index (χ4n) is 4.53. The van der Waals surface area contributed by atoms with Crippen LogP contribution < -0.4 is 13.8 Å². The van der Waals surface area contributed by atoms with Gasteiger partial charge in [0, 0.05) is 6.07 Å². The molecule has 3 aliphatic rings. The van der Waals surface area contributed by atoms with Crippen LogP contribution in [0, 0.1) is 11.2 Å². The summed E-state index contributed by atoms with van der Waals surface area (Å²) in [6.45, 7) is -0.400. The number of carbonyl (C=O) groups is 1. The van der Waals surface area contributed by atoms with E-state index in [1.165, 1.54) is 16.4 Å². The highest BCUT2D eigenvalue weighted by Gasteiger charge is 2.41. The van der Waals surface area contributed by atoms with Crippen molar-refractivity contribution in [3.63, 3.8) is 0 Å². The molecule has 0 atom stereocenters. The van der Waals surface area contributed by atoms with Gasteiger partial charge in [0.2, 0.25) is 0 Å². The minimum atomic E-state index is -3.88. The van der Waals surface area contributed by atoms with Crippen LogP contribution in [0.1, 0.15) is 31.2 Å². The van der Waals surface area contributed by atoms with Gasteiger partial charge in [-0.2, -0.15) is 8.78 Å². The normalized spacial score (nSPS) is 17.4. The largest absolute Gasteiger partial charge is 0.489 e. The number of sulfonamides is 1. The first-order valence-corrected chi connectivity index (χ1v) is 14.4. The number of anilines is 1. The molecule has 6 rings (SSSR count). The molecule has 2 fully saturated rings. The molecule has 1 saturated carbocycles. The molecule has 1 N–H and O–H groups in total. The fraction of sp³-hybridized carbons (Fsp3) is 0.345. The van der Waals surface area contributed by atoms with E-state index in [0.717, 1.165) is 24.5 Å².